The van der Waals surface area contributed by atoms with Crippen LogP contribution in [0, 0.1) is 0 Å². The van der Waals surface area contributed by atoms with Crippen molar-refractivity contribution in [3.05, 3.63) is 12.7 Å². The first-order valence-electron chi connectivity index (χ1n) is 7.79. The Labute approximate surface area is 147 Å². The molecule has 0 aromatic carbocycles. The summed E-state index contributed by atoms with van der Waals surface area (Å²) in [4.78, 5) is 30.2. The van der Waals surface area contributed by atoms with Crippen LogP contribution in [0.1, 0.15) is 20.1 Å². The van der Waals surface area contributed by atoms with Crippen molar-refractivity contribution in [2.75, 3.05) is 12.3 Å². The Balaban J connectivity index is 1.67. The first-order valence-corrected chi connectivity index (χ1v) is 9.32. The summed E-state index contributed by atoms with van der Waals surface area (Å²) in [6.07, 6.45) is 0.231. The predicted octanol–water partition coefficient (Wildman–Crippen LogP) is -0.0647. The Morgan fingerprint density at radius 1 is 1.31 bits per heavy atom. The van der Waals surface area contributed by atoms with E-state index in [2.05, 4.69) is 19.5 Å². The molecule has 4 atom stereocenters. The lowest BCUT2D eigenvalue weighted by atomic mass is 10.1. The first-order chi connectivity index (χ1) is 12.1. The van der Waals surface area contributed by atoms with Crippen molar-refractivity contribution in [2.45, 2.75) is 44.2 Å². The molecular formula is C13H18N5O7P. The van der Waals surface area contributed by atoms with Crippen molar-refractivity contribution in [3.63, 3.8) is 0 Å². The third-order valence-corrected chi connectivity index (χ3v) is 4.68. The highest BCUT2D eigenvalue weighted by atomic mass is 31.2. The molecule has 0 spiro atoms. The van der Waals surface area contributed by atoms with Crippen LogP contribution in [-0.2, 0) is 23.3 Å². The van der Waals surface area contributed by atoms with Gasteiger partial charge in [0, 0.05) is 0 Å². The number of phosphoric ester groups is 1. The molecule has 0 unspecified atom stereocenters. The van der Waals surface area contributed by atoms with Crippen molar-refractivity contribution in [2.24, 2.45) is 0 Å². The number of nitrogen functional groups attached to an aromatic ring is 1. The molecule has 0 radical (unpaired) electrons. The Morgan fingerprint density at radius 2 is 2.04 bits per heavy atom. The van der Waals surface area contributed by atoms with Crippen molar-refractivity contribution in [1.29, 1.82) is 0 Å². The zero-order valence-electron chi connectivity index (χ0n) is 13.9. The average molecular weight is 387 g/mol. The second kappa shape index (κ2) is 5.92. The van der Waals surface area contributed by atoms with Crippen molar-refractivity contribution >= 4 is 24.8 Å². The van der Waals surface area contributed by atoms with E-state index in [-0.39, 0.29) is 12.4 Å². The van der Waals surface area contributed by atoms with E-state index in [0.29, 0.717) is 11.2 Å². The topological polar surface area (TPSA) is 164 Å². The normalized spacial score (nSPS) is 30.8. The van der Waals surface area contributed by atoms with Crippen LogP contribution in [-0.4, -0.2) is 60.0 Å². The van der Waals surface area contributed by atoms with Crippen LogP contribution in [0.15, 0.2) is 12.7 Å². The van der Waals surface area contributed by atoms with E-state index < -0.39 is 38.1 Å². The van der Waals surface area contributed by atoms with E-state index in [1.807, 2.05) is 0 Å². The number of nitrogens with two attached hydrogens (primary N) is 1. The summed E-state index contributed by atoms with van der Waals surface area (Å²) < 4.78 is 34.9. The van der Waals surface area contributed by atoms with E-state index >= 15 is 0 Å². The molecule has 0 saturated carbocycles. The highest BCUT2D eigenvalue weighted by Crippen LogP contribution is 2.45. The molecule has 2 aromatic rings. The van der Waals surface area contributed by atoms with Gasteiger partial charge >= 0.3 is 7.82 Å². The molecule has 142 valence electrons. The molecule has 26 heavy (non-hydrogen) atoms. The number of fused-ring (bicyclic) bond motifs is 2. The zero-order valence-corrected chi connectivity index (χ0v) is 14.8. The number of ether oxygens (including phenoxy) is 3. The lowest BCUT2D eigenvalue weighted by Crippen LogP contribution is -2.32. The first kappa shape index (κ1) is 17.7. The Bertz CT molecular complexity index is 883. The lowest BCUT2D eigenvalue weighted by Gasteiger charge is -2.24. The fraction of sp³-hybridized carbons (Fsp3) is 0.615. The number of anilines is 1. The molecule has 0 aliphatic carbocycles. The van der Waals surface area contributed by atoms with E-state index in [1.165, 1.54) is 12.7 Å². The zero-order chi connectivity index (χ0) is 18.7. The highest BCUT2D eigenvalue weighted by Gasteiger charge is 2.56. The molecule has 2 fully saturated rings. The molecule has 2 aliphatic rings. The van der Waals surface area contributed by atoms with Gasteiger partial charge in [-0.25, -0.2) is 19.5 Å². The molecule has 4 heterocycles. The van der Waals surface area contributed by atoms with Gasteiger partial charge in [-0.1, -0.05) is 0 Å². The maximum Gasteiger partial charge on any atom is 0.469 e. The molecule has 0 amide bonds. The number of phosphoric acid groups is 1. The quantitative estimate of drug-likeness (QED) is 0.602. The van der Waals surface area contributed by atoms with Gasteiger partial charge in [0.05, 0.1) is 12.9 Å². The molecule has 2 aliphatic heterocycles. The van der Waals surface area contributed by atoms with Crippen molar-refractivity contribution < 1.29 is 33.1 Å². The van der Waals surface area contributed by atoms with Crippen LogP contribution in [0.5, 0.6) is 0 Å². The van der Waals surface area contributed by atoms with Crippen LogP contribution >= 0.6 is 7.82 Å². The number of aromatic nitrogens is 4. The maximum atomic E-state index is 11.0. The number of hydrogen-bond acceptors (Lipinski definition) is 9. The predicted molar refractivity (Wildman–Crippen MR) is 85.5 cm³/mol. The number of rotatable bonds is 4. The van der Waals surface area contributed by atoms with E-state index in [0.717, 1.165) is 0 Å². The molecule has 2 saturated heterocycles. The minimum atomic E-state index is -4.64. The van der Waals surface area contributed by atoms with Gasteiger partial charge in [0.25, 0.3) is 0 Å². The van der Waals surface area contributed by atoms with E-state index in [4.69, 9.17) is 29.7 Å². The standard InChI is InChI=1S/C13H18N5O7P/c1-13(2)24-8-6(3-22-26(19,20)21)23-12(9(8)25-13)18-5-17-7-10(14)15-4-16-11(7)18/h4-6,8-9,12H,3H2,1-2H3,(H2,14,15,16)(H2,19,20,21)/t6-,8+,9+,12-/m1/s1. The number of imidazole rings is 1. The van der Waals surface area contributed by atoms with Gasteiger partial charge in [-0.15, -0.1) is 0 Å². The Kier molecular flexibility index (Phi) is 4.04. The molecular weight excluding hydrogens is 369 g/mol. The van der Waals surface area contributed by atoms with Gasteiger partial charge < -0.3 is 29.7 Å². The van der Waals surface area contributed by atoms with Gasteiger partial charge in [-0.3, -0.25) is 9.09 Å². The largest absolute Gasteiger partial charge is 0.469 e. The summed E-state index contributed by atoms with van der Waals surface area (Å²) in [6.45, 7) is 3.13. The van der Waals surface area contributed by atoms with Crippen molar-refractivity contribution in [3.8, 4) is 0 Å². The third-order valence-electron chi connectivity index (χ3n) is 4.19. The molecule has 0 bridgehead atoms. The smallest absolute Gasteiger partial charge is 0.382 e. The minimum Gasteiger partial charge on any atom is -0.382 e. The molecule has 2 aromatic heterocycles. The summed E-state index contributed by atoms with van der Waals surface area (Å²) in [6, 6.07) is 0. The van der Waals surface area contributed by atoms with Crippen LogP contribution in [0.25, 0.3) is 11.2 Å². The summed E-state index contributed by atoms with van der Waals surface area (Å²) >= 11 is 0. The van der Waals surface area contributed by atoms with Gasteiger partial charge in [0.2, 0.25) is 0 Å². The maximum absolute atomic E-state index is 11.0. The lowest BCUT2D eigenvalue weighted by molar-refractivity contribution is -0.199. The fourth-order valence-corrected chi connectivity index (χ4v) is 3.59. The van der Waals surface area contributed by atoms with Crippen LogP contribution in [0.2, 0.25) is 0 Å². The fourth-order valence-electron chi connectivity index (χ4n) is 3.24. The Morgan fingerprint density at radius 3 is 2.77 bits per heavy atom. The van der Waals surface area contributed by atoms with Gasteiger partial charge in [0.1, 0.15) is 30.2 Å². The van der Waals surface area contributed by atoms with E-state index in [9.17, 15) is 4.57 Å². The monoisotopic (exact) mass is 387 g/mol. The van der Waals surface area contributed by atoms with Crippen LogP contribution in [0.4, 0.5) is 5.82 Å². The number of hydrogen-bond donors (Lipinski definition) is 3. The summed E-state index contributed by atoms with van der Waals surface area (Å²) in [5, 5.41) is 0. The van der Waals surface area contributed by atoms with E-state index in [1.54, 1.807) is 18.4 Å². The second-order valence-electron chi connectivity index (χ2n) is 6.50. The molecule has 12 nitrogen and oxygen atoms in total. The molecule has 4 rings (SSSR count). The SMILES string of the molecule is CC1(C)O[C@@H]2[C@H](O1)[C@H](n1cnc3c(N)ncnc31)O[C@@H]2COP(=O)(O)O. The average Bonchev–Trinajstić information content (AvgIpc) is 3.16. The Hall–Kier alpha value is -1.66. The summed E-state index contributed by atoms with van der Waals surface area (Å²) in [7, 11) is -4.64. The van der Waals surface area contributed by atoms with Crippen molar-refractivity contribution in [1.82, 2.24) is 19.5 Å². The number of nitrogens with zero attached hydrogens (tertiary/aromatic N) is 4. The highest BCUT2D eigenvalue weighted by molar-refractivity contribution is 7.46. The second-order valence-corrected chi connectivity index (χ2v) is 7.74. The minimum absolute atomic E-state index is 0.230. The third kappa shape index (κ3) is 3.09. The van der Waals surface area contributed by atoms with Gasteiger partial charge in [-0.2, -0.15) is 0 Å². The molecule has 13 heteroatoms. The van der Waals surface area contributed by atoms with Gasteiger partial charge in [0.15, 0.2) is 23.5 Å². The summed E-state index contributed by atoms with van der Waals surface area (Å²) in [5.41, 5.74) is 6.68. The molecule has 4 N–H and O–H groups in total. The van der Waals surface area contributed by atoms with Crippen LogP contribution in [0.3, 0.4) is 0 Å². The van der Waals surface area contributed by atoms with Gasteiger partial charge in [-0.05, 0) is 13.8 Å². The summed E-state index contributed by atoms with van der Waals surface area (Å²) in [5.74, 6) is -0.657. The van der Waals surface area contributed by atoms with Crippen LogP contribution < -0.4 is 5.73 Å².